The number of morpholine rings is 1. The summed E-state index contributed by atoms with van der Waals surface area (Å²) in [4.78, 5) is 19.6. The fraction of sp³-hybridized carbons (Fsp3) is 0.667. The summed E-state index contributed by atoms with van der Waals surface area (Å²) in [5.74, 6) is 0.111. The largest absolute Gasteiger partial charge is 0.379 e. The second-order valence-electron chi connectivity index (χ2n) is 6.83. The number of aryl methyl sites for hydroxylation is 2. The highest BCUT2D eigenvalue weighted by molar-refractivity contribution is 5.94. The lowest BCUT2D eigenvalue weighted by Gasteiger charge is -2.27. The number of nitrogens with zero attached hydrogens (tertiary/aromatic N) is 2. The number of hydrogen-bond acceptors (Lipinski definition) is 4. The van der Waals surface area contributed by atoms with Crippen LogP contribution in [0.25, 0.3) is 0 Å². The van der Waals surface area contributed by atoms with Gasteiger partial charge in [0.2, 0.25) is 5.91 Å². The molecule has 1 fully saturated rings. The average Bonchev–Trinajstić information content (AvgIpc) is 3.04. The first-order valence-electron chi connectivity index (χ1n) is 8.95. The molecule has 132 valence electrons. The minimum Gasteiger partial charge on any atom is -0.379 e. The summed E-state index contributed by atoms with van der Waals surface area (Å²) in [6.07, 6.45) is 7.84. The van der Waals surface area contributed by atoms with Crippen LogP contribution in [0.15, 0.2) is 0 Å². The van der Waals surface area contributed by atoms with Crippen molar-refractivity contribution in [2.45, 2.75) is 44.9 Å². The number of pyridine rings is 1. The Morgan fingerprint density at radius 2 is 1.62 bits per heavy atom. The van der Waals surface area contributed by atoms with E-state index in [1.807, 2.05) is 0 Å². The molecule has 1 aliphatic heterocycles. The maximum atomic E-state index is 12.6. The van der Waals surface area contributed by atoms with Gasteiger partial charge in [-0.1, -0.05) is 0 Å². The molecular weight excluding hydrogens is 326 g/mol. The molecule has 4 rings (SSSR count). The number of halogens is 1. The van der Waals surface area contributed by atoms with Crippen LogP contribution in [0, 0.1) is 0 Å². The van der Waals surface area contributed by atoms with Gasteiger partial charge in [-0.15, -0.1) is 12.4 Å². The van der Waals surface area contributed by atoms with Crippen molar-refractivity contribution in [3.63, 3.8) is 0 Å². The van der Waals surface area contributed by atoms with Crippen molar-refractivity contribution >= 4 is 24.0 Å². The van der Waals surface area contributed by atoms with E-state index in [2.05, 4.69) is 10.2 Å². The number of carbonyl (C=O) groups excluding carboxylic acids is 1. The smallest absolute Gasteiger partial charge is 0.238 e. The zero-order valence-corrected chi connectivity index (χ0v) is 14.9. The topological polar surface area (TPSA) is 54.5 Å². The fourth-order valence-electron chi connectivity index (χ4n) is 4.04. The van der Waals surface area contributed by atoms with Gasteiger partial charge in [0.25, 0.3) is 0 Å². The third kappa shape index (κ3) is 3.58. The molecule has 0 bridgehead atoms. The first kappa shape index (κ1) is 17.6. The van der Waals surface area contributed by atoms with Crippen molar-refractivity contribution in [1.29, 1.82) is 0 Å². The molecule has 1 aromatic rings. The van der Waals surface area contributed by atoms with Crippen LogP contribution in [0.5, 0.6) is 0 Å². The van der Waals surface area contributed by atoms with Crippen molar-refractivity contribution in [2.75, 3.05) is 38.2 Å². The zero-order chi connectivity index (χ0) is 15.6. The van der Waals surface area contributed by atoms with Crippen molar-refractivity contribution in [3.8, 4) is 0 Å². The van der Waals surface area contributed by atoms with E-state index >= 15 is 0 Å². The Kier molecular flexibility index (Phi) is 5.74. The first-order chi connectivity index (χ1) is 11.3. The van der Waals surface area contributed by atoms with Crippen LogP contribution in [0.4, 0.5) is 5.69 Å². The number of hydrogen-bond donors (Lipinski definition) is 1. The van der Waals surface area contributed by atoms with Crippen LogP contribution in [0.3, 0.4) is 0 Å². The molecule has 2 heterocycles. The van der Waals surface area contributed by atoms with Gasteiger partial charge in [-0.2, -0.15) is 0 Å². The van der Waals surface area contributed by atoms with E-state index in [-0.39, 0.29) is 18.3 Å². The summed E-state index contributed by atoms with van der Waals surface area (Å²) < 4.78 is 5.35. The molecule has 1 N–H and O–H groups in total. The maximum absolute atomic E-state index is 12.6. The molecule has 1 amide bonds. The van der Waals surface area contributed by atoms with E-state index in [9.17, 15) is 4.79 Å². The summed E-state index contributed by atoms with van der Waals surface area (Å²) >= 11 is 0. The minimum atomic E-state index is 0. The summed E-state index contributed by atoms with van der Waals surface area (Å²) in [5.41, 5.74) is 6.19. The molecule has 0 radical (unpaired) electrons. The van der Waals surface area contributed by atoms with Gasteiger partial charge in [-0.05, 0) is 56.1 Å². The van der Waals surface area contributed by atoms with Crippen molar-refractivity contribution < 1.29 is 9.53 Å². The van der Waals surface area contributed by atoms with E-state index in [0.29, 0.717) is 6.54 Å². The molecule has 2 aliphatic carbocycles. The Morgan fingerprint density at radius 1 is 1.00 bits per heavy atom. The molecule has 3 aliphatic rings. The number of carbonyl (C=O) groups is 1. The van der Waals surface area contributed by atoms with Gasteiger partial charge in [0.15, 0.2) is 0 Å². The number of ether oxygens (including phenoxy) is 1. The normalized spacial score (nSPS) is 20.0. The summed E-state index contributed by atoms with van der Waals surface area (Å²) in [6.45, 7) is 3.62. The lowest BCUT2D eigenvalue weighted by molar-refractivity contribution is -0.118. The lowest BCUT2D eigenvalue weighted by Crippen LogP contribution is -2.41. The number of fused-ring (bicyclic) bond motifs is 2. The average molecular weight is 352 g/mol. The van der Waals surface area contributed by atoms with Gasteiger partial charge >= 0.3 is 0 Å². The van der Waals surface area contributed by atoms with Gasteiger partial charge in [0.05, 0.1) is 25.4 Å². The molecule has 1 aromatic heterocycles. The van der Waals surface area contributed by atoms with Crippen LogP contribution in [0.2, 0.25) is 0 Å². The summed E-state index contributed by atoms with van der Waals surface area (Å²) in [7, 11) is 0. The summed E-state index contributed by atoms with van der Waals surface area (Å²) in [6, 6.07) is 0. The summed E-state index contributed by atoms with van der Waals surface area (Å²) in [5, 5.41) is 3.26. The zero-order valence-electron chi connectivity index (χ0n) is 14.1. The Bertz CT molecular complexity index is 615. The SMILES string of the molecule is Cl.O=C(CN1CCOCC1)Nc1c2c(nc3c1CCC3)CCCC2. The third-order valence-corrected chi connectivity index (χ3v) is 5.24. The quantitative estimate of drug-likeness (QED) is 0.906. The highest BCUT2D eigenvalue weighted by atomic mass is 35.5. The molecule has 24 heavy (non-hydrogen) atoms. The molecule has 5 nitrogen and oxygen atoms in total. The number of nitrogens with one attached hydrogen (secondary N) is 1. The minimum absolute atomic E-state index is 0. The van der Waals surface area contributed by atoms with Crippen molar-refractivity contribution in [2.24, 2.45) is 0 Å². The predicted octanol–water partition coefficient (Wildman–Crippen LogP) is 2.14. The van der Waals surface area contributed by atoms with Crippen LogP contribution < -0.4 is 5.32 Å². The Hall–Kier alpha value is -1.17. The highest BCUT2D eigenvalue weighted by Crippen LogP contribution is 2.35. The van der Waals surface area contributed by atoms with Gasteiger partial charge in [0.1, 0.15) is 0 Å². The standard InChI is InChI=1S/C18H25N3O2.ClH/c22-17(12-21-8-10-23-11-9-21)20-18-13-4-1-2-6-15(13)19-16-7-3-5-14(16)18;/h1-12H2,(H,19,20,22);1H. The van der Waals surface area contributed by atoms with E-state index in [0.717, 1.165) is 64.1 Å². The highest BCUT2D eigenvalue weighted by Gasteiger charge is 2.26. The van der Waals surface area contributed by atoms with Gasteiger partial charge in [-0.3, -0.25) is 14.7 Å². The first-order valence-corrected chi connectivity index (χ1v) is 8.95. The van der Waals surface area contributed by atoms with Crippen LogP contribution >= 0.6 is 12.4 Å². The molecular formula is C18H26ClN3O2. The maximum Gasteiger partial charge on any atom is 0.238 e. The van der Waals surface area contributed by atoms with E-state index in [1.165, 1.54) is 35.4 Å². The van der Waals surface area contributed by atoms with E-state index in [4.69, 9.17) is 9.72 Å². The molecule has 6 heteroatoms. The van der Waals surface area contributed by atoms with Crippen LogP contribution in [-0.4, -0.2) is 48.6 Å². The lowest BCUT2D eigenvalue weighted by atomic mass is 9.92. The Labute approximate surface area is 149 Å². The monoisotopic (exact) mass is 351 g/mol. The van der Waals surface area contributed by atoms with Gasteiger partial charge in [0, 0.05) is 24.5 Å². The Balaban J connectivity index is 0.00000169. The molecule has 1 saturated heterocycles. The Morgan fingerprint density at radius 3 is 2.38 bits per heavy atom. The van der Waals surface area contributed by atoms with E-state index in [1.54, 1.807) is 0 Å². The third-order valence-electron chi connectivity index (χ3n) is 5.24. The van der Waals surface area contributed by atoms with Crippen molar-refractivity contribution in [1.82, 2.24) is 9.88 Å². The number of rotatable bonds is 3. The van der Waals surface area contributed by atoms with Gasteiger partial charge < -0.3 is 10.1 Å². The molecule has 0 spiro atoms. The van der Waals surface area contributed by atoms with Crippen molar-refractivity contribution in [3.05, 3.63) is 22.5 Å². The molecule has 0 atom stereocenters. The molecule has 0 aromatic carbocycles. The molecule has 0 unspecified atom stereocenters. The predicted molar refractivity (Wildman–Crippen MR) is 96.0 cm³/mol. The van der Waals surface area contributed by atoms with Crippen LogP contribution in [0.1, 0.15) is 41.8 Å². The molecule has 0 saturated carbocycles. The second kappa shape index (κ2) is 7.81. The number of amides is 1. The fourth-order valence-corrected chi connectivity index (χ4v) is 4.04. The van der Waals surface area contributed by atoms with Gasteiger partial charge in [-0.25, -0.2) is 0 Å². The van der Waals surface area contributed by atoms with E-state index < -0.39 is 0 Å². The number of anilines is 1. The number of aromatic nitrogens is 1. The van der Waals surface area contributed by atoms with Crippen LogP contribution in [-0.2, 0) is 35.2 Å². The second-order valence-corrected chi connectivity index (χ2v) is 6.83.